The lowest BCUT2D eigenvalue weighted by Crippen LogP contribution is -2.32. The van der Waals surface area contributed by atoms with Crippen molar-refractivity contribution in [1.82, 2.24) is 0 Å². The summed E-state index contributed by atoms with van der Waals surface area (Å²) in [6.07, 6.45) is -4.43. The minimum absolute atomic E-state index is 0.299. The molecule has 0 unspecified atom stereocenters. The third-order valence-electron chi connectivity index (χ3n) is 3.37. The first-order valence-corrected chi connectivity index (χ1v) is 6.39. The molecule has 0 aromatic heterocycles. The Balaban J connectivity index is 1.89. The molecule has 3 nitrogen and oxygen atoms in total. The fraction of sp³-hybridized carbons (Fsp3) is 0.133. The van der Waals surface area contributed by atoms with E-state index in [1.54, 1.807) is 0 Å². The number of carbonyl (C=O) groups excluding carboxylic acids is 1. The molecule has 0 fully saturated rings. The SMILES string of the molecule is O=C1Nc2cc(F)ccc2N[C@H]1c1ccc(C(F)(F)F)cc1. The number of fused-ring (bicyclic) bond motifs is 1. The highest BCUT2D eigenvalue weighted by atomic mass is 19.4. The number of benzene rings is 2. The van der Waals surface area contributed by atoms with E-state index in [4.69, 9.17) is 0 Å². The number of hydrogen-bond acceptors (Lipinski definition) is 2. The molecule has 7 heteroatoms. The summed E-state index contributed by atoms with van der Waals surface area (Å²) >= 11 is 0. The Morgan fingerprint density at radius 3 is 2.27 bits per heavy atom. The molecule has 1 heterocycles. The monoisotopic (exact) mass is 310 g/mol. The van der Waals surface area contributed by atoms with Gasteiger partial charge in [0.2, 0.25) is 0 Å². The van der Waals surface area contributed by atoms with Gasteiger partial charge >= 0.3 is 6.18 Å². The first-order chi connectivity index (χ1) is 10.3. The number of halogens is 4. The smallest absolute Gasteiger partial charge is 0.368 e. The number of carbonyl (C=O) groups is 1. The minimum atomic E-state index is -4.43. The van der Waals surface area contributed by atoms with Crippen LogP contribution in [0.5, 0.6) is 0 Å². The first-order valence-electron chi connectivity index (χ1n) is 6.39. The van der Waals surface area contributed by atoms with Crippen molar-refractivity contribution in [3.05, 3.63) is 59.4 Å². The van der Waals surface area contributed by atoms with E-state index in [1.165, 1.54) is 30.3 Å². The topological polar surface area (TPSA) is 41.1 Å². The van der Waals surface area contributed by atoms with Crippen LogP contribution in [0.3, 0.4) is 0 Å². The van der Waals surface area contributed by atoms with Gasteiger partial charge in [-0.2, -0.15) is 13.2 Å². The standard InChI is InChI=1S/C15H10F4N2O/c16-10-5-6-11-12(7-10)21-14(22)13(20-11)8-1-3-9(4-2-8)15(17,18)19/h1-7,13,20H,(H,21,22)/t13-/m0/s1. The molecule has 0 aliphatic carbocycles. The molecule has 0 bridgehead atoms. The zero-order valence-corrected chi connectivity index (χ0v) is 11.0. The van der Waals surface area contributed by atoms with Crippen molar-refractivity contribution in [1.29, 1.82) is 0 Å². The van der Waals surface area contributed by atoms with Crippen LogP contribution in [0.1, 0.15) is 17.2 Å². The molecule has 0 saturated heterocycles. The van der Waals surface area contributed by atoms with E-state index in [2.05, 4.69) is 10.6 Å². The second kappa shape index (κ2) is 5.01. The number of nitrogens with one attached hydrogen (secondary N) is 2. The summed E-state index contributed by atoms with van der Waals surface area (Å²) < 4.78 is 50.7. The van der Waals surface area contributed by atoms with Crippen LogP contribution < -0.4 is 10.6 Å². The van der Waals surface area contributed by atoms with Gasteiger partial charge in [-0.3, -0.25) is 4.79 Å². The highest BCUT2D eigenvalue weighted by molar-refractivity contribution is 6.03. The van der Waals surface area contributed by atoms with Crippen molar-refractivity contribution in [3.8, 4) is 0 Å². The van der Waals surface area contributed by atoms with Crippen LogP contribution in [0.25, 0.3) is 0 Å². The third kappa shape index (κ3) is 2.61. The molecule has 2 N–H and O–H groups in total. The second-order valence-electron chi connectivity index (χ2n) is 4.88. The molecule has 0 saturated carbocycles. The van der Waals surface area contributed by atoms with Crippen LogP contribution in [0, 0.1) is 5.82 Å². The Hall–Kier alpha value is -2.57. The molecule has 1 amide bonds. The molecule has 22 heavy (non-hydrogen) atoms. The van der Waals surface area contributed by atoms with E-state index >= 15 is 0 Å². The number of amides is 1. The molecule has 3 rings (SSSR count). The maximum Gasteiger partial charge on any atom is 0.416 e. The van der Waals surface area contributed by atoms with Crippen molar-refractivity contribution in [2.45, 2.75) is 12.2 Å². The van der Waals surface area contributed by atoms with E-state index in [-0.39, 0.29) is 0 Å². The van der Waals surface area contributed by atoms with Gasteiger partial charge in [-0.15, -0.1) is 0 Å². The zero-order valence-electron chi connectivity index (χ0n) is 11.0. The van der Waals surface area contributed by atoms with Crippen molar-refractivity contribution < 1.29 is 22.4 Å². The molecule has 0 radical (unpaired) electrons. The van der Waals surface area contributed by atoms with Crippen LogP contribution in [0.15, 0.2) is 42.5 Å². The Morgan fingerprint density at radius 1 is 0.955 bits per heavy atom. The number of hydrogen-bond donors (Lipinski definition) is 2. The van der Waals surface area contributed by atoms with Gasteiger partial charge in [0, 0.05) is 0 Å². The van der Waals surface area contributed by atoms with Crippen LogP contribution in [0.4, 0.5) is 28.9 Å². The summed E-state index contributed by atoms with van der Waals surface area (Å²) in [6, 6.07) is 7.36. The van der Waals surface area contributed by atoms with Crippen molar-refractivity contribution in [2.75, 3.05) is 10.6 Å². The molecule has 0 spiro atoms. The van der Waals surface area contributed by atoms with Crippen LogP contribution >= 0.6 is 0 Å². The van der Waals surface area contributed by atoms with Crippen molar-refractivity contribution in [3.63, 3.8) is 0 Å². The number of anilines is 2. The maximum absolute atomic E-state index is 13.1. The van der Waals surface area contributed by atoms with Crippen LogP contribution in [-0.2, 0) is 11.0 Å². The average Bonchev–Trinajstić information content (AvgIpc) is 2.45. The Labute approximate surface area is 123 Å². The molecular formula is C15H10F4N2O. The summed E-state index contributed by atoms with van der Waals surface area (Å²) in [5.41, 5.74) is 0.412. The Kier molecular flexibility index (Phi) is 3.27. The molecule has 2 aromatic rings. The molecular weight excluding hydrogens is 300 g/mol. The fourth-order valence-electron chi connectivity index (χ4n) is 2.27. The second-order valence-corrected chi connectivity index (χ2v) is 4.88. The van der Waals surface area contributed by atoms with E-state index in [9.17, 15) is 22.4 Å². The summed E-state index contributed by atoms with van der Waals surface area (Å²) in [6.45, 7) is 0. The quantitative estimate of drug-likeness (QED) is 0.783. The third-order valence-corrected chi connectivity index (χ3v) is 3.37. The Bertz CT molecular complexity index is 725. The molecule has 1 aliphatic heterocycles. The molecule has 2 aromatic carbocycles. The van der Waals surface area contributed by atoms with Crippen LogP contribution in [-0.4, -0.2) is 5.91 Å². The fourth-order valence-corrected chi connectivity index (χ4v) is 2.27. The van der Waals surface area contributed by atoms with Gasteiger partial charge in [-0.05, 0) is 35.9 Å². The van der Waals surface area contributed by atoms with Crippen molar-refractivity contribution >= 4 is 17.3 Å². The minimum Gasteiger partial charge on any atom is -0.368 e. The van der Waals surface area contributed by atoms with Crippen LogP contribution in [0.2, 0.25) is 0 Å². The van der Waals surface area contributed by atoms with E-state index < -0.39 is 29.5 Å². The Morgan fingerprint density at radius 2 is 1.64 bits per heavy atom. The zero-order chi connectivity index (χ0) is 15.9. The lowest BCUT2D eigenvalue weighted by atomic mass is 10.0. The van der Waals surface area contributed by atoms with Gasteiger partial charge in [-0.1, -0.05) is 12.1 Å². The molecule has 1 atom stereocenters. The number of alkyl halides is 3. The van der Waals surface area contributed by atoms with Gasteiger partial charge < -0.3 is 10.6 Å². The lowest BCUT2D eigenvalue weighted by Gasteiger charge is -2.27. The van der Waals surface area contributed by atoms with Gasteiger partial charge in [0.25, 0.3) is 5.91 Å². The normalized spacial score (nSPS) is 17.5. The van der Waals surface area contributed by atoms with Gasteiger partial charge in [0.15, 0.2) is 0 Å². The van der Waals surface area contributed by atoms with Gasteiger partial charge in [0.1, 0.15) is 11.9 Å². The lowest BCUT2D eigenvalue weighted by molar-refractivity contribution is -0.137. The maximum atomic E-state index is 13.1. The van der Waals surface area contributed by atoms with E-state index in [0.29, 0.717) is 16.9 Å². The summed E-state index contributed by atoms with van der Waals surface area (Å²) in [4.78, 5) is 12.0. The number of rotatable bonds is 1. The molecule has 114 valence electrons. The predicted molar refractivity (Wildman–Crippen MR) is 72.8 cm³/mol. The van der Waals surface area contributed by atoms with Crippen molar-refractivity contribution in [2.24, 2.45) is 0 Å². The average molecular weight is 310 g/mol. The summed E-state index contributed by atoms with van der Waals surface area (Å²) in [5, 5.41) is 5.42. The highest BCUT2D eigenvalue weighted by Crippen LogP contribution is 2.34. The highest BCUT2D eigenvalue weighted by Gasteiger charge is 2.32. The van der Waals surface area contributed by atoms with E-state index in [1.807, 2.05) is 0 Å². The largest absolute Gasteiger partial charge is 0.416 e. The predicted octanol–water partition coefficient (Wildman–Crippen LogP) is 3.95. The van der Waals surface area contributed by atoms with Gasteiger partial charge in [-0.25, -0.2) is 4.39 Å². The summed E-state index contributed by atoms with van der Waals surface area (Å²) in [7, 11) is 0. The summed E-state index contributed by atoms with van der Waals surface area (Å²) in [5.74, 6) is -0.952. The first kappa shape index (κ1) is 14.4. The van der Waals surface area contributed by atoms with Gasteiger partial charge in [0.05, 0.1) is 16.9 Å². The molecule has 1 aliphatic rings. The van der Waals surface area contributed by atoms with E-state index in [0.717, 1.165) is 12.1 Å².